The molecule has 0 aliphatic heterocycles. The molecule has 0 radical (unpaired) electrons. The lowest BCUT2D eigenvalue weighted by Crippen LogP contribution is -2.36. The van der Waals surface area contributed by atoms with Crippen LogP contribution in [-0.2, 0) is 16.6 Å². The largest absolute Gasteiger partial charge is 0.419 e. The minimum absolute atomic E-state index is 0.0339. The number of rotatable bonds is 6. The molecule has 0 amide bonds. The van der Waals surface area contributed by atoms with Gasteiger partial charge in [-0.15, -0.1) is 10.2 Å². The fourth-order valence-corrected chi connectivity index (χ4v) is 5.15. The molecule has 28 heavy (non-hydrogen) atoms. The van der Waals surface area contributed by atoms with Crippen LogP contribution in [0.1, 0.15) is 19.7 Å². The SMILES string of the molecule is CC(C)N(Cc1nnc(-c2ccccc2)o1)S(=O)(=O)c1cccc2nsnc12. The Morgan fingerprint density at radius 2 is 1.82 bits per heavy atom. The molecule has 0 saturated carbocycles. The maximum atomic E-state index is 13.3. The molecule has 4 aromatic rings. The average molecular weight is 416 g/mol. The van der Waals surface area contributed by atoms with Crippen molar-refractivity contribution in [2.45, 2.75) is 31.3 Å². The number of sulfonamides is 1. The van der Waals surface area contributed by atoms with Gasteiger partial charge >= 0.3 is 0 Å². The molecule has 0 spiro atoms. The van der Waals surface area contributed by atoms with Crippen LogP contribution in [-0.4, -0.2) is 37.7 Å². The van der Waals surface area contributed by atoms with E-state index in [0.717, 1.165) is 17.3 Å². The first kappa shape index (κ1) is 18.7. The summed E-state index contributed by atoms with van der Waals surface area (Å²) in [4.78, 5) is 0.121. The first-order chi connectivity index (χ1) is 13.5. The molecule has 2 aromatic heterocycles. The van der Waals surface area contributed by atoms with E-state index in [4.69, 9.17) is 4.42 Å². The van der Waals surface area contributed by atoms with E-state index in [9.17, 15) is 8.42 Å². The molecule has 10 heteroatoms. The predicted molar refractivity (Wildman–Crippen MR) is 105 cm³/mol. The van der Waals surface area contributed by atoms with Crippen LogP contribution in [0.2, 0.25) is 0 Å². The van der Waals surface area contributed by atoms with Crippen LogP contribution in [0.5, 0.6) is 0 Å². The number of aromatic nitrogens is 4. The number of fused-ring (bicyclic) bond motifs is 1. The van der Waals surface area contributed by atoms with Crippen molar-refractivity contribution in [2.75, 3.05) is 0 Å². The monoisotopic (exact) mass is 415 g/mol. The van der Waals surface area contributed by atoms with E-state index in [-0.39, 0.29) is 23.4 Å². The molecule has 2 aromatic carbocycles. The van der Waals surface area contributed by atoms with Crippen molar-refractivity contribution in [3.05, 3.63) is 54.4 Å². The normalized spacial score (nSPS) is 12.3. The molecule has 2 heterocycles. The Bertz CT molecular complexity index is 1200. The molecular weight excluding hydrogens is 398 g/mol. The zero-order valence-electron chi connectivity index (χ0n) is 15.2. The Balaban J connectivity index is 1.68. The van der Waals surface area contributed by atoms with Gasteiger partial charge in [-0.05, 0) is 38.1 Å². The van der Waals surface area contributed by atoms with Gasteiger partial charge in [0.1, 0.15) is 15.9 Å². The summed E-state index contributed by atoms with van der Waals surface area (Å²) in [5.41, 5.74) is 1.70. The van der Waals surface area contributed by atoms with E-state index < -0.39 is 10.0 Å². The van der Waals surface area contributed by atoms with Gasteiger partial charge in [-0.25, -0.2) is 8.42 Å². The summed E-state index contributed by atoms with van der Waals surface area (Å²) in [7, 11) is -3.84. The Labute approximate surface area is 166 Å². The van der Waals surface area contributed by atoms with Crippen molar-refractivity contribution >= 4 is 32.8 Å². The Kier molecular flexibility index (Phi) is 4.92. The zero-order valence-corrected chi connectivity index (χ0v) is 16.8. The molecule has 0 aliphatic rings. The highest BCUT2D eigenvalue weighted by Crippen LogP contribution is 2.27. The number of hydrogen-bond acceptors (Lipinski definition) is 8. The highest BCUT2D eigenvalue weighted by atomic mass is 32.2. The van der Waals surface area contributed by atoms with E-state index in [0.29, 0.717) is 16.9 Å². The highest BCUT2D eigenvalue weighted by molar-refractivity contribution is 7.89. The van der Waals surface area contributed by atoms with Crippen molar-refractivity contribution in [1.29, 1.82) is 0 Å². The average Bonchev–Trinajstić information content (AvgIpc) is 3.35. The smallest absolute Gasteiger partial charge is 0.247 e. The predicted octanol–water partition coefficient (Wildman–Crippen LogP) is 3.34. The van der Waals surface area contributed by atoms with Crippen molar-refractivity contribution in [1.82, 2.24) is 23.2 Å². The van der Waals surface area contributed by atoms with Gasteiger partial charge in [-0.2, -0.15) is 13.1 Å². The fraction of sp³-hybridized carbons (Fsp3) is 0.222. The molecule has 0 atom stereocenters. The van der Waals surface area contributed by atoms with Crippen LogP contribution in [0.15, 0.2) is 57.8 Å². The summed E-state index contributed by atoms with van der Waals surface area (Å²) >= 11 is 0.984. The topological polar surface area (TPSA) is 102 Å². The van der Waals surface area contributed by atoms with E-state index in [1.807, 2.05) is 30.3 Å². The molecule has 0 bridgehead atoms. The second-order valence-electron chi connectivity index (χ2n) is 6.40. The van der Waals surface area contributed by atoms with Crippen molar-refractivity contribution in [3.63, 3.8) is 0 Å². The molecule has 0 unspecified atom stereocenters. The lowest BCUT2D eigenvalue weighted by Gasteiger charge is -2.24. The Morgan fingerprint density at radius 1 is 1.04 bits per heavy atom. The van der Waals surface area contributed by atoms with Gasteiger partial charge in [0, 0.05) is 11.6 Å². The molecule has 4 rings (SSSR count). The summed E-state index contributed by atoms with van der Waals surface area (Å²) < 4.78 is 42.0. The standard InChI is InChI=1S/C18H17N5O3S2/c1-12(2)23(11-16-19-20-18(26-16)13-7-4-3-5-8-13)28(24,25)15-10-6-9-14-17(15)22-27-21-14/h3-10,12H,11H2,1-2H3. The van der Waals surface area contributed by atoms with E-state index in [2.05, 4.69) is 18.9 Å². The summed E-state index contributed by atoms with van der Waals surface area (Å²) in [5, 5.41) is 8.06. The van der Waals surface area contributed by atoms with Gasteiger partial charge in [0.25, 0.3) is 0 Å². The molecule has 144 valence electrons. The van der Waals surface area contributed by atoms with E-state index in [1.165, 1.54) is 10.4 Å². The maximum absolute atomic E-state index is 13.3. The lowest BCUT2D eigenvalue weighted by molar-refractivity contribution is 0.313. The van der Waals surface area contributed by atoms with Gasteiger partial charge in [0.15, 0.2) is 0 Å². The van der Waals surface area contributed by atoms with Gasteiger partial charge in [-0.3, -0.25) is 0 Å². The number of nitrogens with zero attached hydrogens (tertiary/aromatic N) is 5. The molecule has 0 N–H and O–H groups in total. The third-order valence-electron chi connectivity index (χ3n) is 4.19. The van der Waals surface area contributed by atoms with Crippen molar-refractivity contribution < 1.29 is 12.8 Å². The quantitative estimate of drug-likeness (QED) is 0.476. The zero-order chi connectivity index (χ0) is 19.7. The minimum Gasteiger partial charge on any atom is -0.419 e. The second kappa shape index (κ2) is 7.38. The minimum atomic E-state index is -3.84. The molecule has 0 aliphatic carbocycles. The summed E-state index contributed by atoms with van der Waals surface area (Å²) in [6, 6.07) is 13.9. The van der Waals surface area contributed by atoms with Crippen LogP contribution in [0, 0.1) is 0 Å². The third kappa shape index (κ3) is 3.41. The van der Waals surface area contributed by atoms with Crippen molar-refractivity contribution in [2.24, 2.45) is 0 Å². The van der Waals surface area contributed by atoms with Crippen LogP contribution in [0.4, 0.5) is 0 Å². The van der Waals surface area contributed by atoms with Crippen LogP contribution < -0.4 is 0 Å². The first-order valence-electron chi connectivity index (χ1n) is 8.58. The van der Waals surface area contributed by atoms with E-state index in [1.54, 1.807) is 26.0 Å². The van der Waals surface area contributed by atoms with E-state index >= 15 is 0 Å². The van der Waals surface area contributed by atoms with Crippen LogP contribution in [0.3, 0.4) is 0 Å². The van der Waals surface area contributed by atoms with Crippen LogP contribution in [0.25, 0.3) is 22.5 Å². The molecular formula is C18H17N5O3S2. The Hall–Kier alpha value is -2.69. The maximum Gasteiger partial charge on any atom is 0.247 e. The fourth-order valence-electron chi connectivity index (χ4n) is 2.81. The first-order valence-corrected chi connectivity index (χ1v) is 10.7. The Morgan fingerprint density at radius 3 is 2.57 bits per heavy atom. The number of benzene rings is 2. The van der Waals surface area contributed by atoms with Crippen LogP contribution >= 0.6 is 11.7 Å². The summed E-state index contributed by atoms with van der Waals surface area (Å²) in [6.45, 7) is 3.56. The van der Waals surface area contributed by atoms with Crippen molar-refractivity contribution in [3.8, 4) is 11.5 Å². The number of hydrogen-bond donors (Lipinski definition) is 0. The second-order valence-corrected chi connectivity index (χ2v) is 8.79. The molecule has 0 saturated heterocycles. The third-order valence-corrected chi connectivity index (χ3v) is 6.79. The highest BCUT2D eigenvalue weighted by Gasteiger charge is 2.31. The molecule has 0 fully saturated rings. The van der Waals surface area contributed by atoms with Gasteiger partial charge in [0.05, 0.1) is 18.3 Å². The molecule has 8 nitrogen and oxygen atoms in total. The summed E-state index contributed by atoms with van der Waals surface area (Å²) in [6.07, 6.45) is 0. The van der Waals surface area contributed by atoms with Gasteiger partial charge in [0.2, 0.25) is 21.8 Å². The summed E-state index contributed by atoms with van der Waals surface area (Å²) in [5.74, 6) is 0.571. The van der Waals surface area contributed by atoms with Gasteiger partial charge in [-0.1, -0.05) is 24.3 Å². The lowest BCUT2D eigenvalue weighted by atomic mass is 10.2. The van der Waals surface area contributed by atoms with Gasteiger partial charge < -0.3 is 4.42 Å².